The van der Waals surface area contributed by atoms with E-state index in [1.165, 1.54) is 0 Å². The fraction of sp³-hybridized carbons (Fsp3) is 0.667. The molecule has 0 aliphatic carbocycles. The fourth-order valence-electron chi connectivity index (χ4n) is 2.49. The summed E-state index contributed by atoms with van der Waals surface area (Å²) in [6.07, 6.45) is 3.44. The summed E-state index contributed by atoms with van der Waals surface area (Å²) in [6.45, 7) is 2.39. The molecule has 0 saturated carbocycles. The summed E-state index contributed by atoms with van der Waals surface area (Å²) in [5.41, 5.74) is 0.328. The van der Waals surface area contributed by atoms with Crippen molar-refractivity contribution in [3.63, 3.8) is 0 Å². The molecule has 5 nitrogen and oxygen atoms in total. The van der Waals surface area contributed by atoms with Crippen LogP contribution in [0.25, 0.3) is 0 Å². The van der Waals surface area contributed by atoms with Crippen molar-refractivity contribution < 1.29 is 14.6 Å². The zero-order chi connectivity index (χ0) is 12.5. The van der Waals surface area contributed by atoms with E-state index in [1.807, 2.05) is 20.0 Å². The first-order valence-electron chi connectivity index (χ1n) is 5.88. The van der Waals surface area contributed by atoms with Gasteiger partial charge in [-0.3, -0.25) is 9.48 Å². The Labute approximate surface area is 100 Å². The number of carboxylic acid groups (broad SMARTS) is 1. The molecule has 2 unspecified atom stereocenters. The third kappa shape index (κ3) is 2.07. The van der Waals surface area contributed by atoms with E-state index in [9.17, 15) is 9.90 Å². The van der Waals surface area contributed by atoms with E-state index in [0.29, 0.717) is 19.4 Å². The van der Waals surface area contributed by atoms with Gasteiger partial charge in [0.2, 0.25) is 0 Å². The Morgan fingerprint density at radius 2 is 2.53 bits per heavy atom. The zero-order valence-corrected chi connectivity index (χ0v) is 10.2. The van der Waals surface area contributed by atoms with Crippen LogP contribution in [-0.4, -0.2) is 33.6 Å². The van der Waals surface area contributed by atoms with Crippen molar-refractivity contribution >= 4 is 5.97 Å². The lowest BCUT2D eigenvalue weighted by molar-refractivity contribution is -0.152. The minimum Gasteiger partial charge on any atom is -0.481 e. The Morgan fingerprint density at radius 1 is 1.76 bits per heavy atom. The average Bonchev–Trinajstić information content (AvgIpc) is 2.83. The Morgan fingerprint density at radius 3 is 3.00 bits per heavy atom. The number of hydrogen-bond donors (Lipinski definition) is 1. The molecule has 1 aromatic rings. The number of aromatic nitrogens is 2. The summed E-state index contributed by atoms with van der Waals surface area (Å²) in [5, 5.41) is 13.5. The van der Waals surface area contributed by atoms with E-state index in [-0.39, 0.29) is 6.10 Å². The van der Waals surface area contributed by atoms with E-state index in [0.717, 1.165) is 12.1 Å². The van der Waals surface area contributed by atoms with Gasteiger partial charge in [-0.25, -0.2) is 0 Å². The third-order valence-electron chi connectivity index (χ3n) is 3.87. The summed E-state index contributed by atoms with van der Waals surface area (Å²) < 4.78 is 7.21. The Bertz CT molecular complexity index is 416. The summed E-state index contributed by atoms with van der Waals surface area (Å²) in [4.78, 5) is 11.5. The van der Waals surface area contributed by atoms with Crippen LogP contribution in [0.3, 0.4) is 0 Å². The van der Waals surface area contributed by atoms with Gasteiger partial charge in [0.05, 0.1) is 11.5 Å². The molecule has 2 rings (SSSR count). The molecule has 0 radical (unpaired) electrons. The normalized spacial score (nSPS) is 28.5. The maximum absolute atomic E-state index is 11.5. The molecule has 1 N–H and O–H groups in total. The van der Waals surface area contributed by atoms with Crippen molar-refractivity contribution in [1.29, 1.82) is 0 Å². The minimum absolute atomic E-state index is 0.215. The molecular formula is C12H18N2O3. The molecule has 1 saturated heterocycles. The summed E-state index contributed by atoms with van der Waals surface area (Å²) in [6, 6.07) is 1.93. The zero-order valence-electron chi connectivity index (χ0n) is 10.2. The second-order valence-electron chi connectivity index (χ2n) is 4.67. The highest BCUT2D eigenvalue weighted by Gasteiger charge is 2.47. The molecule has 5 heteroatoms. The van der Waals surface area contributed by atoms with Gasteiger partial charge in [-0.1, -0.05) is 0 Å². The maximum atomic E-state index is 11.5. The van der Waals surface area contributed by atoms with Crippen LogP contribution < -0.4 is 0 Å². The number of rotatable bonds is 4. The summed E-state index contributed by atoms with van der Waals surface area (Å²) in [7, 11) is 1.87. The molecule has 0 bridgehead atoms. The minimum atomic E-state index is -0.746. The van der Waals surface area contributed by atoms with Crippen LogP contribution in [0.1, 0.15) is 25.5 Å². The van der Waals surface area contributed by atoms with Crippen molar-refractivity contribution in [2.75, 3.05) is 6.61 Å². The van der Waals surface area contributed by atoms with E-state index >= 15 is 0 Å². The van der Waals surface area contributed by atoms with Gasteiger partial charge < -0.3 is 9.84 Å². The topological polar surface area (TPSA) is 64.4 Å². The molecule has 0 aromatic carbocycles. The Kier molecular flexibility index (Phi) is 3.19. The smallest absolute Gasteiger partial charge is 0.312 e. The van der Waals surface area contributed by atoms with Gasteiger partial charge in [-0.05, 0) is 32.3 Å². The SMILES string of the molecule is CC1OCCC1(CCc1ccnn1C)C(=O)O. The lowest BCUT2D eigenvalue weighted by Gasteiger charge is -2.27. The van der Waals surface area contributed by atoms with Crippen molar-refractivity contribution in [2.24, 2.45) is 12.5 Å². The second-order valence-corrected chi connectivity index (χ2v) is 4.67. The highest BCUT2D eigenvalue weighted by molar-refractivity contribution is 5.75. The second kappa shape index (κ2) is 4.49. The predicted octanol–water partition coefficient (Wildman–Crippen LogP) is 1.23. The van der Waals surface area contributed by atoms with Gasteiger partial charge >= 0.3 is 5.97 Å². The number of nitrogens with zero attached hydrogens (tertiary/aromatic N) is 2. The van der Waals surface area contributed by atoms with Crippen LogP contribution in [0.2, 0.25) is 0 Å². The first-order chi connectivity index (χ1) is 8.06. The van der Waals surface area contributed by atoms with Crippen LogP contribution in [0, 0.1) is 5.41 Å². The van der Waals surface area contributed by atoms with Gasteiger partial charge in [0.25, 0.3) is 0 Å². The molecule has 94 valence electrons. The van der Waals surface area contributed by atoms with Gasteiger partial charge in [-0.15, -0.1) is 0 Å². The van der Waals surface area contributed by atoms with Gasteiger partial charge in [0, 0.05) is 25.5 Å². The molecule has 1 aliphatic heterocycles. The quantitative estimate of drug-likeness (QED) is 0.857. The predicted molar refractivity (Wildman–Crippen MR) is 61.6 cm³/mol. The molecule has 17 heavy (non-hydrogen) atoms. The van der Waals surface area contributed by atoms with Gasteiger partial charge in [-0.2, -0.15) is 5.10 Å². The highest BCUT2D eigenvalue weighted by Crippen LogP contribution is 2.39. The van der Waals surface area contributed by atoms with Crippen molar-refractivity contribution in [3.8, 4) is 0 Å². The largest absolute Gasteiger partial charge is 0.481 e. The van der Waals surface area contributed by atoms with Crippen molar-refractivity contribution in [2.45, 2.75) is 32.3 Å². The molecule has 0 amide bonds. The number of carbonyl (C=O) groups is 1. The fourth-order valence-corrected chi connectivity index (χ4v) is 2.49. The first kappa shape index (κ1) is 12.1. The van der Waals surface area contributed by atoms with E-state index in [2.05, 4.69) is 5.10 Å². The van der Waals surface area contributed by atoms with Crippen molar-refractivity contribution in [1.82, 2.24) is 9.78 Å². The Hall–Kier alpha value is -1.36. The van der Waals surface area contributed by atoms with Crippen LogP contribution >= 0.6 is 0 Å². The van der Waals surface area contributed by atoms with Gasteiger partial charge in [0.1, 0.15) is 0 Å². The molecule has 1 aliphatic rings. The number of ether oxygens (including phenoxy) is 1. The van der Waals surface area contributed by atoms with Crippen molar-refractivity contribution in [3.05, 3.63) is 18.0 Å². The molecule has 1 fully saturated rings. The number of carboxylic acids is 1. The van der Waals surface area contributed by atoms with E-state index in [1.54, 1.807) is 10.9 Å². The third-order valence-corrected chi connectivity index (χ3v) is 3.87. The molecular weight excluding hydrogens is 220 g/mol. The average molecular weight is 238 g/mol. The van der Waals surface area contributed by atoms with Crippen LogP contribution in [0.4, 0.5) is 0 Å². The number of hydrogen-bond acceptors (Lipinski definition) is 3. The summed E-state index contributed by atoms with van der Waals surface area (Å²) in [5.74, 6) is -0.746. The van der Waals surface area contributed by atoms with E-state index in [4.69, 9.17) is 4.74 Å². The first-order valence-corrected chi connectivity index (χ1v) is 5.88. The number of aliphatic carboxylic acids is 1. The standard InChI is InChI=1S/C12H18N2O3/c1-9-12(11(15)16,6-8-17-9)5-3-10-4-7-13-14(10)2/h4,7,9H,3,5-6,8H2,1-2H3,(H,15,16). The molecule has 2 atom stereocenters. The van der Waals surface area contributed by atoms with Crippen LogP contribution in [0.15, 0.2) is 12.3 Å². The lowest BCUT2D eigenvalue weighted by atomic mass is 9.77. The van der Waals surface area contributed by atoms with Crippen LogP contribution in [-0.2, 0) is 23.0 Å². The highest BCUT2D eigenvalue weighted by atomic mass is 16.5. The maximum Gasteiger partial charge on any atom is 0.312 e. The monoisotopic (exact) mass is 238 g/mol. The molecule has 2 heterocycles. The van der Waals surface area contributed by atoms with Gasteiger partial charge in [0.15, 0.2) is 0 Å². The Balaban J connectivity index is 2.10. The molecule has 1 aromatic heterocycles. The number of aryl methyl sites for hydroxylation is 2. The van der Waals surface area contributed by atoms with E-state index < -0.39 is 11.4 Å². The molecule has 0 spiro atoms. The summed E-state index contributed by atoms with van der Waals surface area (Å²) >= 11 is 0. The van der Waals surface area contributed by atoms with Crippen LogP contribution in [0.5, 0.6) is 0 Å². The lowest BCUT2D eigenvalue weighted by Crippen LogP contribution is -2.38.